The van der Waals surface area contributed by atoms with Gasteiger partial charge in [0.05, 0.1) is 0 Å². The third kappa shape index (κ3) is 6.69. The number of hydrogen-bond acceptors (Lipinski definition) is 4. The van der Waals surface area contributed by atoms with E-state index in [9.17, 15) is 9.59 Å². The molecule has 2 saturated heterocycles. The Morgan fingerprint density at radius 2 is 1.87 bits per heavy atom. The van der Waals surface area contributed by atoms with E-state index in [1.165, 1.54) is 18.4 Å². The lowest BCUT2D eigenvalue weighted by molar-refractivity contribution is -0.142. The monoisotopic (exact) mass is 419 g/mol. The average molecular weight is 420 g/mol. The van der Waals surface area contributed by atoms with Gasteiger partial charge in [-0.25, -0.2) is 0 Å². The molecule has 30 heavy (non-hydrogen) atoms. The fraction of sp³-hybridized carbons (Fsp3) is 0.696. The van der Waals surface area contributed by atoms with E-state index in [0.29, 0.717) is 5.92 Å². The number of carbonyl (C=O) groups is 3. The molecule has 0 spiro atoms. The minimum absolute atomic E-state index is 0.0274. The van der Waals surface area contributed by atoms with Gasteiger partial charge in [-0.1, -0.05) is 23.8 Å². The summed E-state index contributed by atoms with van der Waals surface area (Å²) in [6.45, 7) is 12.9. The highest BCUT2D eigenvalue weighted by Crippen LogP contribution is 2.28. The zero-order chi connectivity index (χ0) is 22.1. The summed E-state index contributed by atoms with van der Waals surface area (Å²) < 4.78 is 0. The number of hydrogen-bond donors (Lipinski definition) is 1. The van der Waals surface area contributed by atoms with Crippen molar-refractivity contribution in [1.29, 1.82) is 0 Å². The SMILES string of the molecule is C=C(C)[C@@H]1CC=C(CN2CCCN(C(=O)[C@@H]3CCCN3C(C)=O)CC2)CC1.O=CO. The lowest BCUT2D eigenvalue weighted by Gasteiger charge is -2.29. The Kier molecular flexibility index (Phi) is 9.56. The minimum atomic E-state index is -0.250. The molecule has 0 saturated carbocycles. The van der Waals surface area contributed by atoms with Crippen LogP contribution in [-0.2, 0) is 14.4 Å². The van der Waals surface area contributed by atoms with Gasteiger partial charge >= 0.3 is 0 Å². The van der Waals surface area contributed by atoms with E-state index in [1.807, 2.05) is 4.90 Å². The van der Waals surface area contributed by atoms with Crippen LogP contribution in [0.1, 0.15) is 52.4 Å². The number of carbonyl (C=O) groups excluding carboxylic acids is 2. The first-order valence-corrected chi connectivity index (χ1v) is 11.1. The molecule has 3 aliphatic rings. The van der Waals surface area contributed by atoms with Crippen LogP contribution in [0.25, 0.3) is 0 Å². The van der Waals surface area contributed by atoms with Crippen molar-refractivity contribution in [2.24, 2.45) is 5.92 Å². The predicted octanol–water partition coefficient (Wildman–Crippen LogP) is 2.53. The van der Waals surface area contributed by atoms with Crippen molar-refractivity contribution in [2.75, 3.05) is 39.3 Å². The van der Waals surface area contributed by atoms with E-state index in [1.54, 1.807) is 17.4 Å². The summed E-state index contributed by atoms with van der Waals surface area (Å²) in [6, 6.07) is -0.228. The molecule has 2 amide bonds. The Hall–Kier alpha value is -2.15. The summed E-state index contributed by atoms with van der Waals surface area (Å²) >= 11 is 0. The maximum absolute atomic E-state index is 13.0. The van der Waals surface area contributed by atoms with E-state index >= 15 is 0 Å². The first-order chi connectivity index (χ1) is 14.4. The van der Waals surface area contributed by atoms with Crippen molar-refractivity contribution in [3.63, 3.8) is 0 Å². The quantitative estimate of drug-likeness (QED) is 0.559. The van der Waals surface area contributed by atoms with E-state index in [2.05, 4.69) is 24.5 Å². The second kappa shape index (κ2) is 11.9. The molecule has 2 heterocycles. The molecule has 2 aliphatic heterocycles. The zero-order valence-corrected chi connectivity index (χ0v) is 18.5. The normalized spacial score (nSPS) is 24.9. The highest BCUT2D eigenvalue weighted by Gasteiger charge is 2.35. The molecule has 168 valence electrons. The molecular weight excluding hydrogens is 382 g/mol. The Bertz CT molecular complexity index is 661. The van der Waals surface area contributed by atoms with Gasteiger partial charge < -0.3 is 14.9 Å². The third-order valence-electron chi connectivity index (χ3n) is 6.47. The van der Waals surface area contributed by atoms with Gasteiger partial charge in [0.2, 0.25) is 11.8 Å². The summed E-state index contributed by atoms with van der Waals surface area (Å²) in [4.78, 5) is 39.4. The van der Waals surface area contributed by atoms with Crippen molar-refractivity contribution >= 4 is 18.3 Å². The summed E-state index contributed by atoms with van der Waals surface area (Å²) in [5, 5.41) is 6.89. The Morgan fingerprint density at radius 3 is 2.47 bits per heavy atom. The fourth-order valence-electron chi connectivity index (χ4n) is 4.73. The van der Waals surface area contributed by atoms with Crippen molar-refractivity contribution in [1.82, 2.24) is 14.7 Å². The number of amides is 2. The van der Waals surface area contributed by atoms with Crippen LogP contribution in [0.3, 0.4) is 0 Å². The maximum Gasteiger partial charge on any atom is 0.290 e. The molecule has 0 aromatic carbocycles. The highest BCUT2D eigenvalue weighted by atomic mass is 16.3. The summed E-state index contributed by atoms with van der Waals surface area (Å²) in [7, 11) is 0. The molecule has 7 heteroatoms. The van der Waals surface area contributed by atoms with Crippen LogP contribution in [0.15, 0.2) is 23.8 Å². The molecular formula is C23H37N3O4. The van der Waals surface area contributed by atoms with Crippen LogP contribution in [0, 0.1) is 5.92 Å². The smallest absolute Gasteiger partial charge is 0.290 e. The van der Waals surface area contributed by atoms with E-state index < -0.39 is 0 Å². The first-order valence-electron chi connectivity index (χ1n) is 11.1. The van der Waals surface area contributed by atoms with Crippen LogP contribution >= 0.6 is 0 Å². The standard InChI is InChI=1S/C22H35N3O2.CH2O2/c1-17(2)20-9-7-19(8-10-20)16-23-11-5-12-24(15-14-23)22(27)21-6-4-13-25(21)18(3)26;2-1-3/h7,20-21H,1,4-6,8-16H2,2-3H3;1H,(H,2,3)/t20-,21+;/m1./s1. The van der Waals surface area contributed by atoms with Gasteiger partial charge in [0.25, 0.3) is 6.47 Å². The molecule has 0 bridgehead atoms. The number of nitrogens with zero attached hydrogens (tertiary/aromatic N) is 3. The molecule has 3 rings (SSSR count). The molecule has 1 aliphatic carbocycles. The topological polar surface area (TPSA) is 81.2 Å². The molecule has 2 atom stereocenters. The van der Waals surface area contributed by atoms with Crippen LogP contribution in [0.2, 0.25) is 0 Å². The minimum Gasteiger partial charge on any atom is -0.483 e. The van der Waals surface area contributed by atoms with Crippen LogP contribution in [0.5, 0.6) is 0 Å². The number of carboxylic acid groups (broad SMARTS) is 1. The van der Waals surface area contributed by atoms with Crippen molar-refractivity contribution in [2.45, 2.75) is 58.4 Å². The van der Waals surface area contributed by atoms with E-state index in [0.717, 1.165) is 65.0 Å². The van der Waals surface area contributed by atoms with Gasteiger partial charge in [-0.2, -0.15) is 0 Å². The number of rotatable bonds is 4. The van der Waals surface area contributed by atoms with E-state index in [4.69, 9.17) is 9.90 Å². The molecule has 0 aromatic rings. The Morgan fingerprint density at radius 1 is 1.13 bits per heavy atom. The Balaban J connectivity index is 0.00000101. The van der Waals surface area contributed by atoms with E-state index in [-0.39, 0.29) is 24.3 Å². The summed E-state index contributed by atoms with van der Waals surface area (Å²) in [6.07, 6.45) is 8.71. The molecule has 1 N–H and O–H groups in total. The van der Waals surface area contributed by atoms with Gasteiger partial charge in [-0.15, -0.1) is 0 Å². The van der Waals surface area contributed by atoms with Crippen molar-refractivity contribution < 1.29 is 19.5 Å². The largest absolute Gasteiger partial charge is 0.483 e. The fourth-order valence-corrected chi connectivity index (χ4v) is 4.73. The average Bonchev–Trinajstić information content (AvgIpc) is 3.10. The molecule has 0 unspecified atom stereocenters. The van der Waals surface area contributed by atoms with Crippen LogP contribution in [0.4, 0.5) is 0 Å². The second-order valence-electron chi connectivity index (χ2n) is 8.61. The molecule has 2 fully saturated rings. The molecule has 0 radical (unpaired) electrons. The first kappa shape index (κ1) is 24.1. The zero-order valence-electron chi connectivity index (χ0n) is 18.5. The van der Waals surface area contributed by atoms with Crippen molar-refractivity contribution in [3.8, 4) is 0 Å². The molecule has 0 aromatic heterocycles. The number of likely N-dealkylation sites (tertiary alicyclic amines) is 1. The van der Waals surface area contributed by atoms with Crippen LogP contribution < -0.4 is 0 Å². The van der Waals surface area contributed by atoms with Gasteiger partial charge in [-0.3, -0.25) is 19.3 Å². The predicted molar refractivity (Wildman–Crippen MR) is 117 cm³/mol. The second-order valence-corrected chi connectivity index (χ2v) is 8.61. The van der Waals surface area contributed by atoms with Gasteiger partial charge in [0.15, 0.2) is 0 Å². The summed E-state index contributed by atoms with van der Waals surface area (Å²) in [5.74, 6) is 0.840. The highest BCUT2D eigenvalue weighted by molar-refractivity contribution is 5.87. The maximum atomic E-state index is 13.0. The van der Waals surface area contributed by atoms with Gasteiger partial charge in [0.1, 0.15) is 6.04 Å². The summed E-state index contributed by atoms with van der Waals surface area (Å²) in [5.41, 5.74) is 2.85. The van der Waals surface area contributed by atoms with Crippen LogP contribution in [-0.4, -0.2) is 83.4 Å². The van der Waals surface area contributed by atoms with Crippen molar-refractivity contribution in [3.05, 3.63) is 23.8 Å². The molecule has 7 nitrogen and oxygen atoms in total. The van der Waals surface area contributed by atoms with Gasteiger partial charge in [-0.05, 0) is 51.4 Å². The lowest BCUT2D eigenvalue weighted by Crippen LogP contribution is -2.48. The number of allylic oxidation sites excluding steroid dienone is 2. The third-order valence-corrected chi connectivity index (χ3v) is 6.47. The Labute approximate surface area is 180 Å². The lowest BCUT2D eigenvalue weighted by atomic mass is 9.85. The van der Waals surface area contributed by atoms with Gasteiger partial charge in [0, 0.05) is 46.2 Å².